The molecule has 0 fully saturated rings. The number of aromatic nitrogens is 1. The standard InChI is InChI=1S/C9H12BrN3O4/c1-11-3-7(14)5-12-4-6(10)2-8(9(12)15)13(16)17/h2,4,7,11,14H,3,5H2,1H3. The van der Waals surface area contributed by atoms with Crippen LogP contribution in [0.3, 0.4) is 0 Å². The Morgan fingerprint density at radius 3 is 2.88 bits per heavy atom. The van der Waals surface area contributed by atoms with Crippen LogP contribution >= 0.6 is 15.9 Å². The van der Waals surface area contributed by atoms with Gasteiger partial charge in [-0.25, -0.2) is 0 Å². The molecule has 1 aromatic rings. The molecule has 1 rings (SSSR count). The summed E-state index contributed by atoms with van der Waals surface area (Å²) >= 11 is 3.08. The van der Waals surface area contributed by atoms with E-state index >= 15 is 0 Å². The molecule has 0 spiro atoms. The summed E-state index contributed by atoms with van der Waals surface area (Å²) in [6.45, 7) is 0.298. The lowest BCUT2D eigenvalue weighted by molar-refractivity contribution is -0.386. The van der Waals surface area contributed by atoms with E-state index in [0.29, 0.717) is 11.0 Å². The molecule has 17 heavy (non-hydrogen) atoms. The Balaban J connectivity index is 3.08. The normalized spacial score (nSPS) is 12.4. The van der Waals surface area contributed by atoms with Crippen LogP contribution in [0.2, 0.25) is 0 Å². The van der Waals surface area contributed by atoms with Gasteiger partial charge in [0.1, 0.15) is 0 Å². The van der Waals surface area contributed by atoms with Gasteiger partial charge in [0.05, 0.1) is 17.6 Å². The van der Waals surface area contributed by atoms with Gasteiger partial charge < -0.3 is 15.0 Å². The Labute approximate surface area is 105 Å². The molecule has 1 heterocycles. The molecule has 7 nitrogen and oxygen atoms in total. The summed E-state index contributed by atoms with van der Waals surface area (Å²) < 4.78 is 1.53. The lowest BCUT2D eigenvalue weighted by Gasteiger charge is -2.12. The van der Waals surface area contributed by atoms with Gasteiger partial charge in [0, 0.05) is 23.3 Å². The fraction of sp³-hybridized carbons (Fsp3) is 0.444. The summed E-state index contributed by atoms with van der Waals surface area (Å²) in [5, 5.41) is 22.9. The van der Waals surface area contributed by atoms with Crippen molar-refractivity contribution in [3.63, 3.8) is 0 Å². The van der Waals surface area contributed by atoms with Gasteiger partial charge >= 0.3 is 11.2 Å². The molecular formula is C9H12BrN3O4. The molecule has 0 aliphatic heterocycles. The molecule has 2 N–H and O–H groups in total. The number of aliphatic hydroxyl groups excluding tert-OH is 1. The van der Waals surface area contributed by atoms with E-state index in [4.69, 9.17) is 0 Å². The molecule has 0 radical (unpaired) electrons. The summed E-state index contributed by atoms with van der Waals surface area (Å²) in [6, 6.07) is 1.14. The minimum atomic E-state index is -0.786. The second kappa shape index (κ2) is 5.89. The Morgan fingerprint density at radius 1 is 1.71 bits per heavy atom. The molecule has 0 saturated carbocycles. The third kappa shape index (κ3) is 3.62. The van der Waals surface area contributed by atoms with Crippen LogP contribution in [0.25, 0.3) is 0 Å². The lowest BCUT2D eigenvalue weighted by atomic mass is 10.3. The number of pyridine rings is 1. The van der Waals surface area contributed by atoms with Crippen LogP contribution < -0.4 is 10.9 Å². The first-order valence-electron chi connectivity index (χ1n) is 4.82. The van der Waals surface area contributed by atoms with Crippen LogP contribution in [0, 0.1) is 10.1 Å². The molecule has 0 bridgehead atoms. The van der Waals surface area contributed by atoms with Gasteiger partial charge in [-0.05, 0) is 23.0 Å². The molecule has 0 amide bonds. The number of rotatable bonds is 5. The average molecular weight is 306 g/mol. The van der Waals surface area contributed by atoms with Gasteiger partial charge in [0.25, 0.3) is 0 Å². The molecule has 94 valence electrons. The molecule has 1 aromatic heterocycles. The van der Waals surface area contributed by atoms with Gasteiger partial charge in [-0.1, -0.05) is 0 Å². The maximum Gasteiger partial charge on any atom is 0.335 e. The van der Waals surface area contributed by atoms with Crippen molar-refractivity contribution in [1.82, 2.24) is 9.88 Å². The Kier molecular flexibility index (Phi) is 4.79. The predicted octanol–water partition coefficient (Wildman–Crippen LogP) is 0.0993. The van der Waals surface area contributed by atoms with E-state index in [2.05, 4.69) is 21.2 Å². The zero-order valence-electron chi connectivity index (χ0n) is 9.09. The highest BCUT2D eigenvalue weighted by atomic mass is 79.9. The summed E-state index contributed by atoms with van der Waals surface area (Å²) in [7, 11) is 1.66. The van der Waals surface area contributed by atoms with E-state index in [1.54, 1.807) is 7.05 Å². The van der Waals surface area contributed by atoms with E-state index in [9.17, 15) is 20.0 Å². The lowest BCUT2D eigenvalue weighted by Crippen LogP contribution is -2.33. The van der Waals surface area contributed by atoms with Crippen molar-refractivity contribution in [2.75, 3.05) is 13.6 Å². The minimum absolute atomic E-state index is 0.0000463. The third-order valence-electron chi connectivity index (χ3n) is 2.08. The molecule has 0 aliphatic carbocycles. The van der Waals surface area contributed by atoms with Crippen LogP contribution in [-0.2, 0) is 6.54 Å². The number of likely N-dealkylation sites (N-methyl/N-ethyl adjacent to an activating group) is 1. The summed E-state index contributed by atoms with van der Waals surface area (Å²) in [4.78, 5) is 21.6. The van der Waals surface area contributed by atoms with Gasteiger partial charge in [-0.2, -0.15) is 0 Å². The van der Waals surface area contributed by atoms with E-state index in [1.165, 1.54) is 6.20 Å². The second-order valence-electron chi connectivity index (χ2n) is 3.47. The smallest absolute Gasteiger partial charge is 0.335 e. The average Bonchev–Trinajstić information content (AvgIpc) is 2.22. The van der Waals surface area contributed by atoms with Crippen LogP contribution in [0.5, 0.6) is 0 Å². The van der Waals surface area contributed by atoms with Gasteiger partial charge in [0.15, 0.2) is 0 Å². The van der Waals surface area contributed by atoms with Crippen molar-refractivity contribution >= 4 is 21.6 Å². The molecular weight excluding hydrogens is 294 g/mol. The van der Waals surface area contributed by atoms with Crippen molar-refractivity contribution in [2.24, 2.45) is 0 Å². The molecule has 0 saturated heterocycles. The third-order valence-corrected chi connectivity index (χ3v) is 2.51. The molecule has 0 aromatic carbocycles. The SMILES string of the molecule is CNCC(O)Cn1cc(Br)cc([N+](=O)[O-])c1=O. The Morgan fingerprint density at radius 2 is 2.35 bits per heavy atom. The van der Waals surface area contributed by atoms with Crippen molar-refractivity contribution in [1.29, 1.82) is 0 Å². The first-order chi connectivity index (χ1) is 7.95. The second-order valence-corrected chi connectivity index (χ2v) is 4.39. The van der Waals surface area contributed by atoms with E-state index < -0.39 is 22.3 Å². The first-order valence-corrected chi connectivity index (χ1v) is 5.62. The maximum atomic E-state index is 11.7. The number of nitrogens with one attached hydrogen (secondary N) is 1. The molecule has 8 heteroatoms. The van der Waals surface area contributed by atoms with Crippen molar-refractivity contribution in [3.8, 4) is 0 Å². The summed E-state index contributed by atoms with van der Waals surface area (Å²) in [6.07, 6.45) is 0.625. The highest BCUT2D eigenvalue weighted by Crippen LogP contribution is 2.13. The van der Waals surface area contributed by atoms with Crippen molar-refractivity contribution < 1.29 is 10.0 Å². The molecule has 0 aliphatic rings. The topological polar surface area (TPSA) is 97.4 Å². The maximum absolute atomic E-state index is 11.7. The number of aliphatic hydroxyl groups is 1. The summed E-state index contributed by atoms with van der Waals surface area (Å²) in [5.41, 5.74) is -1.25. The Bertz CT molecular complexity index is 474. The number of nitrogens with zero attached hydrogens (tertiary/aromatic N) is 2. The fourth-order valence-corrected chi connectivity index (χ4v) is 1.84. The highest BCUT2D eigenvalue weighted by molar-refractivity contribution is 9.10. The van der Waals surface area contributed by atoms with Crippen LogP contribution in [0.15, 0.2) is 21.5 Å². The van der Waals surface area contributed by atoms with Gasteiger partial charge in [-0.15, -0.1) is 0 Å². The fourth-order valence-electron chi connectivity index (χ4n) is 1.38. The summed E-state index contributed by atoms with van der Waals surface area (Å²) in [5.74, 6) is 0. The number of nitro groups is 1. The van der Waals surface area contributed by atoms with Crippen LogP contribution in [0.1, 0.15) is 0 Å². The van der Waals surface area contributed by atoms with Crippen molar-refractivity contribution in [3.05, 3.63) is 37.2 Å². The van der Waals surface area contributed by atoms with E-state index in [1.807, 2.05) is 0 Å². The molecule has 1 unspecified atom stereocenters. The number of halogens is 1. The quantitative estimate of drug-likeness (QED) is 0.594. The van der Waals surface area contributed by atoms with Crippen molar-refractivity contribution in [2.45, 2.75) is 12.6 Å². The van der Waals surface area contributed by atoms with Gasteiger partial charge in [-0.3, -0.25) is 14.9 Å². The van der Waals surface area contributed by atoms with E-state index in [0.717, 1.165) is 10.6 Å². The predicted molar refractivity (Wildman–Crippen MR) is 65.0 cm³/mol. The number of hydrogen-bond donors (Lipinski definition) is 2. The first kappa shape index (κ1) is 13.8. The zero-order chi connectivity index (χ0) is 13.0. The monoisotopic (exact) mass is 305 g/mol. The number of hydrogen-bond acceptors (Lipinski definition) is 5. The van der Waals surface area contributed by atoms with Crippen LogP contribution in [-0.4, -0.2) is 34.3 Å². The molecule has 1 atom stereocenters. The van der Waals surface area contributed by atoms with E-state index in [-0.39, 0.29) is 6.54 Å². The minimum Gasteiger partial charge on any atom is -0.390 e. The largest absolute Gasteiger partial charge is 0.390 e. The zero-order valence-corrected chi connectivity index (χ0v) is 10.7. The van der Waals surface area contributed by atoms with Gasteiger partial charge in [0.2, 0.25) is 0 Å². The Hall–Kier alpha value is -1.25. The highest BCUT2D eigenvalue weighted by Gasteiger charge is 2.17. The van der Waals surface area contributed by atoms with Crippen LogP contribution in [0.4, 0.5) is 5.69 Å².